The standard InChI is InChI=1S/C21H25FN2O5S/c1-14(2)21(3,4)29-20(25)23-16-7-10-19-18(13-16)24(11-12-28-19)30(26,27)17-8-5-15(22)6-9-17/h5-10,13-14H,11-12H2,1-4H3,(H,23,25). The molecule has 0 spiro atoms. The maximum absolute atomic E-state index is 13.2. The predicted molar refractivity (Wildman–Crippen MR) is 112 cm³/mol. The summed E-state index contributed by atoms with van der Waals surface area (Å²) < 4.78 is 51.6. The zero-order valence-electron chi connectivity index (χ0n) is 17.3. The van der Waals surface area contributed by atoms with E-state index in [9.17, 15) is 17.6 Å². The molecule has 2 aromatic rings. The van der Waals surface area contributed by atoms with Gasteiger partial charge in [0.25, 0.3) is 10.0 Å². The van der Waals surface area contributed by atoms with Gasteiger partial charge in [-0.1, -0.05) is 13.8 Å². The molecule has 0 saturated heterocycles. The summed E-state index contributed by atoms with van der Waals surface area (Å²) in [4.78, 5) is 12.3. The van der Waals surface area contributed by atoms with Crippen LogP contribution < -0.4 is 14.4 Å². The molecule has 9 heteroatoms. The quantitative estimate of drug-likeness (QED) is 0.751. The molecule has 0 atom stereocenters. The van der Waals surface area contributed by atoms with E-state index in [4.69, 9.17) is 9.47 Å². The van der Waals surface area contributed by atoms with Crippen LogP contribution in [0.3, 0.4) is 0 Å². The molecule has 7 nitrogen and oxygen atoms in total. The Morgan fingerprint density at radius 2 is 1.87 bits per heavy atom. The molecule has 30 heavy (non-hydrogen) atoms. The molecule has 1 heterocycles. The van der Waals surface area contributed by atoms with Crippen molar-refractivity contribution in [1.29, 1.82) is 0 Å². The number of hydrogen-bond donors (Lipinski definition) is 1. The summed E-state index contributed by atoms with van der Waals surface area (Å²) >= 11 is 0. The van der Waals surface area contributed by atoms with E-state index in [1.807, 2.05) is 27.7 Å². The molecule has 0 unspecified atom stereocenters. The summed E-state index contributed by atoms with van der Waals surface area (Å²) in [6, 6.07) is 9.33. The van der Waals surface area contributed by atoms with Gasteiger partial charge >= 0.3 is 6.09 Å². The highest BCUT2D eigenvalue weighted by molar-refractivity contribution is 7.92. The van der Waals surface area contributed by atoms with E-state index in [2.05, 4.69) is 5.32 Å². The number of carbonyl (C=O) groups excluding carboxylic acids is 1. The molecular formula is C21H25FN2O5S. The van der Waals surface area contributed by atoms with Crippen molar-refractivity contribution < 1.29 is 27.1 Å². The number of nitrogens with zero attached hydrogens (tertiary/aromatic N) is 1. The van der Waals surface area contributed by atoms with Crippen molar-refractivity contribution in [3.05, 3.63) is 48.3 Å². The molecule has 162 valence electrons. The number of sulfonamides is 1. The summed E-state index contributed by atoms with van der Waals surface area (Å²) in [5, 5.41) is 2.63. The first-order chi connectivity index (χ1) is 14.0. The fourth-order valence-electron chi connectivity index (χ4n) is 2.75. The van der Waals surface area contributed by atoms with Crippen molar-refractivity contribution in [2.24, 2.45) is 5.92 Å². The SMILES string of the molecule is CC(C)C(C)(C)OC(=O)Nc1ccc2c(c1)N(S(=O)(=O)c1ccc(F)cc1)CCO2. The summed E-state index contributed by atoms with van der Waals surface area (Å²) in [5.41, 5.74) is -0.0195. The molecule has 0 bridgehead atoms. The fraction of sp³-hybridized carbons (Fsp3) is 0.381. The van der Waals surface area contributed by atoms with Crippen LogP contribution in [0.5, 0.6) is 5.75 Å². The largest absolute Gasteiger partial charge is 0.489 e. The number of ether oxygens (including phenoxy) is 2. The number of rotatable bonds is 5. The number of fused-ring (bicyclic) bond motifs is 1. The smallest absolute Gasteiger partial charge is 0.412 e. The minimum atomic E-state index is -3.93. The van der Waals surface area contributed by atoms with Gasteiger partial charge in [-0.15, -0.1) is 0 Å². The first kappa shape index (κ1) is 21.9. The van der Waals surface area contributed by atoms with Crippen LogP contribution in [0.25, 0.3) is 0 Å². The van der Waals surface area contributed by atoms with Crippen molar-refractivity contribution >= 4 is 27.5 Å². The number of nitrogens with one attached hydrogen (secondary N) is 1. The van der Waals surface area contributed by atoms with Crippen LogP contribution >= 0.6 is 0 Å². The lowest BCUT2D eigenvalue weighted by Crippen LogP contribution is -2.38. The summed E-state index contributed by atoms with van der Waals surface area (Å²) in [7, 11) is -3.93. The lowest BCUT2D eigenvalue weighted by atomic mass is 9.95. The molecule has 0 radical (unpaired) electrons. The third-order valence-electron chi connectivity index (χ3n) is 5.17. The minimum Gasteiger partial charge on any atom is -0.489 e. The fourth-order valence-corrected chi connectivity index (χ4v) is 4.21. The highest BCUT2D eigenvalue weighted by atomic mass is 32.2. The Kier molecular flexibility index (Phi) is 5.94. The van der Waals surface area contributed by atoms with E-state index in [-0.39, 0.29) is 29.7 Å². The molecule has 0 saturated carbocycles. The van der Waals surface area contributed by atoms with Crippen LogP contribution in [0, 0.1) is 11.7 Å². The normalized spacial score (nSPS) is 14.1. The number of halogens is 1. The molecule has 1 aliphatic heterocycles. The second-order valence-corrected chi connectivity index (χ2v) is 9.70. The maximum atomic E-state index is 13.2. The highest BCUT2D eigenvalue weighted by Gasteiger charge is 2.31. The molecule has 1 amide bonds. The van der Waals surface area contributed by atoms with Crippen molar-refractivity contribution in [1.82, 2.24) is 0 Å². The van der Waals surface area contributed by atoms with Crippen LogP contribution in [-0.2, 0) is 14.8 Å². The Balaban J connectivity index is 1.88. The van der Waals surface area contributed by atoms with Gasteiger partial charge in [-0.05, 0) is 62.2 Å². The second-order valence-electron chi connectivity index (χ2n) is 7.83. The first-order valence-corrected chi connectivity index (χ1v) is 11.0. The van der Waals surface area contributed by atoms with Gasteiger partial charge in [0.15, 0.2) is 0 Å². The number of anilines is 2. The van der Waals surface area contributed by atoms with Crippen LogP contribution in [0.4, 0.5) is 20.6 Å². The van der Waals surface area contributed by atoms with E-state index < -0.39 is 27.5 Å². The highest BCUT2D eigenvalue weighted by Crippen LogP contribution is 2.37. The Morgan fingerprint density at radius 1 is 1.20 bits per heavy atom. The lowest BCUT2D eigenvalue weighted by Gasteiger charge is -2.31. The van der Waals surface area contributed by atoms with Crippen molar-refractivity contribution in [3.8, 4) is 5.75 Å². The zero-order chi connectivity index (χ0) is 22.1. The van der Waals surface area contributed by atoms with Gasteiger partial charge in [-0.2, -0.15) is 0 Å². The summed E-state index contributed by atoms with van der Waals surface area (Å²) in [6.07, 6.45) is -0.640. The van der Waals surface area contributed by atoms with Crippen molar-refractivity contribution in [2.45, 2.75) is 38.2 Å². The van der Waals surface area contributed by atoms with E-state index in [1.165, 1.54) is 22.5 Å². The monoisotopic (exact) mass is 436 g/mol. The zero-order valence-corrected chi connectivity index (χ0v) is 18.1. The average Bonchev–Trinajstić information content (AvgIpc) is 2.67. The number of benzene rings is 2. The predicted octanol–water partition coefficient (Wildman–Crippen LogP) is 4.40. The van der Waals surface area contributed by atoms with Gasteiger partial charge in [-0.25, -0.2) is 17.6 Å². The maximum Gasteiger partial charge on any atom is 0.412 e. The Labute approximate surface area is 175 Å². The summed E-state index contributed by atoms with van der Waals surface area (Å²) in [5.74, 6) is -0.0458. The van der Waals surface area contributed by atoms with Gasteiger partial charge < -0.3 is 9.47 Å². The van der Waals surface area contributed by atoms with E-state index in [0.29, 0.717) is 11.4 Å². The van der Waals surface area contributed by atoms with Gasteiger partial charge in [0, 0.05) is 5.69 Å². The third kappa shape index (κ3) is 4.51. The molecule has 0 fully saturated rings. The molecule has 3 rings (SSSR count). The Hall–Kier alpha value is -2.81. The molecular weight excluding hydrogens is 411 g/mol. The van der Waals surface area contributed by atoms with Crippen LogP contribution in [-0.4, -0.2) is 33.3 Å². The number of amides is 1. The number of carbonyl (C=O) groups is 1. The summed E-state index contributed by atoms with van der Waals surface area (Å²) in [6.45, 7) is 7.78. The van der Waals surface area contributed by atoms with Gasteiger partial charge in [0.1, 0.15) is 23.8 Å². The van der Waals surface area contributed by atoms with E-state index >= 15 is 0 Å². The van der Waals surface area contributed by atoms with Crippen LogP contribution in [0.2, 0.25) is 0 Å². The topological polar surface area (TPSA) is 84.9 Å². The Bertz CT molecular complexity index is 1040. The Morgan fingerprint density at radius 3 is 2.50 bits per heavy atom. The lowest BCUT2D eigenvalue weighted by molar-refractivity contribution is 0.0134. The first-order valence-electron chi connectivity index (χ1n) is 9.56. The molecule has 1 aliphatic rings. The van der Waals surface area contributed by atoms with Crippen LogP contribution in [0.15, 0.2) is 47.4 Å². The van der Waals surface area contributed by atoms with Gasteiger partial charge in [-0.3, -0.25) is 9.62 Å². The van der Waals surface area contributed by atoms with Crippen molar-refractivity contribution in [3.63, 3.8) is 0 Å². The minimum absolute atomic E-state index is 0.0341. The molecule has 0 aromatic heterocycles. The van der Waals surface area contributed by atoms with Crippen molar-refractivity contribution in [2.75, 3.05) is 22.8 Å². The molecule has 2 aromatic carbocycles. The van der Waals surface area contributed by atoms with E-state index in [1.54, 1.807) is 12.1 Å². The second kappa shape index (κ2) is 8.14. The average molecular weight is 437 g/mol. The molecule has 1 N–H and O–H groups in total. The van der Waals surface area contributed by atoms with Gasteiger partial charge in [0.2, 0.25) is 0 Å². The van der Waals surface area contributed by atoms with E-state index in [0.717, 1.165) is 12.1 Å². The number of hydrogen-bond acceptors (Lipinski definition) is 5. The van der Waals surface area contributed by atoms with Gasteiger partial charge in [0.05, 0.1) is 17.1 Å². The third-order valence-corrected chi connectivity index (χ3v) is 7.00. The van der Waals surface area contributed by atoms with Crippen LogP contribution in [0.1, 0.15) is 27.7 Å². The molecule has 0 aliphatic carbocycles.